The van der Waals surface area contributed by atoms with Crippen LogP contribution in [0.4, 0.5) is 5.13 Å². The molecule has 1 amide bonds. The van der Waals surface area contributed by atoms with Crippen LogP contribution in [-0.4, -0.2) is 34.6 Å². The molecule has 1 aromatic rings. The summed E-state index contributed by atoms with van der Waals surface area (Å²) < 4.78 is 0.994. The Morgan fingerprint density at radius 3 is 2.73 bits per heavy atom. The maximum atomic E-state index is 11.6. The Kier molecular flexibility index (Phi) is 4.90. The van der Waals surface area contributed by atoms with Crippen LogP contribution in [0.25, 0.3) is 0 Å². The Labute approximate surface area is 97.9 Å². The van der Waals surface area contributed by atoms with E-state index >= 15 is 0 Å². The highest BCUT2D eigenvalue weighted by molar-refractivity contribution is 8.01. The molecular formula is C9H15N3OS2. The first-order valence-electron chi connectivity index (χ1n) is 4.79. The number of rotatable bonds is 5. The summed E-state index contributed by atoms with van der Waals surface area (Å²) in [6.45, 7) is 5.49. The second-order valence-corrected chi connectivity index (χ2v) is 5.21. The first kappa shape index (κ1) is 12.3. The van der Waals surface area contributed by atoms with Crippen molar-refractivity contribution in [3.63, 3.8) is 0 Å². The van der Waals surface area contributed by atoms with Gasteiger partial charge in [-0.2, -0.15) is 0 Å². The van der Waals surface area contributed by atoms with E-state index in [0.717, 1.165) is 17.3 Å². The second kappa shape index (κ2) is 5.97. The molecule has 15 heavy (non-hydrogen) atoms. The van der Waals surface area contributed by atoms with Crippen LogP contribution in [0.1, 0.15) is 13.8 Å². The summed E-state index contributed by atoms with van der Waals surface area (Å²) in [7, 11) is 0. The lowest BCUT2D eigenvalue weighted by atomic mass is 10.5. The molecule has 0 atom stereocenters. The molecule has 0 saturated heterocycles. The van der Waals surface area contributed by atoms with Gasteiger partial charge >= 0.3 is 0 Å². The molecule has 0 fully saturated rings. The van der Waals surface area contributed by atoms with E-state index in [4.69, 9.17) is 5.73 Å². The van der Waals surface area contributed by atoms with Crippen LogP contribution in [0.3, 0.4) is 0 Å². The van der Waals surface area contributed by atoms with E-state index in [-0.39, 0.29) is 5.91 Å². The van der Waals surface area contributed by atoms with Gasteiger partial charge in [0.15, 0.2) is 5.13 Å². The molecule has 2 N–H and O–H groups in total. The lowest BCUT2D eigenvalue weighted by molar-refractivity contribution is -0.127. The molecule has 0 aromatic carbocycles. The van der Waals surface area contributed by atoms with Gasteiger partial charge in [0, 0.05) is 13.1 Å². The molecule has 0 bridgehead atoms. The van der Waals surface area contributed by atoms with Gasteiger partial charge < -0.3 is 10.6 Å². The first-order valence-corrected chi connectivity index (χ1v) is 6.59. The van der Waals surface area contributed by atoms with Crippen LogP contribution >= 0.6 is 23.1 Å². The van der Waals surface area contributed by atoms with Crippen molar-refractivity contribution >= 4 is 34.1 Å². The normalized spacial score (nSPS) is 10.3. The number of aromatic nitrogens is 1. The predicted molar refractivity (Wildman–Crippen MR) is 65.2 cm³/mol. The van der Waals surface area contributed by atoms with Crippen molar-refractivity contribution in [1.29, 1.82) is 0 Å². The molecular weight excluding hydrogens is 230 g/mol. The van der Waals surface area contributed by atoms with Gasteiger partial charge in [-0.3, -0.25) is 4.79 Å². The Hall–Kier alpha value is -0.750. The number of thiazole rings is 1. The van der Waals surface area contributed by atoms with Gasteiger partial charge in [0.2, 0.25) is 5.91 Å². The zero-order valence-electron chi connectivity index (χ0n) is 8.90. The molecule has 0 aliphatic carbocycles. The fourth-order valence-electron chi connectivity index (χ4n) is 1.14. The van der Waals surface area contributed by atoms with Crippen LogP contribution in [0.15, 0.2) is 10.4 Å². The van der Waals surface area contributed by atoms with Gasteiger partial charge in [-0.1, -0.05) is 11.3 Å². The molecule has 0 aliphatic heterocycles. The highest BCUT2D eigenvalue weighted by Crippen LogP contribution is 2.26. The number of carbonyl (C=O) groups is 1. The minimum Gasteiger partial charge on any atom is -0.375 e. The third-order valence-electron chi connectivity index (χ3n) is 1.96. The lowest BCUT2D eigenvalue weighted by Crippen LogP contribution is -2.31. The van der Waals surface area contributed by atoms with Gasteiger partial charge in [-0.15, -0.1) is 11.8 Å². The molecule has 1 aromatic heterocycles. The highest BCUT2D eigenvalue weighted by atomic mass is 32.2. The van der Waals surface area contributed by atoms with Crippen LogP contribution < -0.4 is 5.73 Å². The van der Waals surface area contributed by atoms with E-state index in [2.05, 4.69) is 4.98 Å². The largest absolute Gasteiger partial charge is 0.375 e. The van der Waals surface area contributed by atoms with Crippen molar-refractivity contribution in [2.45, 2.75) is 18.1 Å². The molecule has 1 heterocycles. The Balaban J connectivity index is 2.40. The summed E-state index contributed by atoms with van der Waals surface area (Å²) >= 11 is 2.91. The number of thioether (sulfide) groups is 1. The van der Waals surface area contributed by atoms with E-state index in [1.807, 2.05) is 18.7 Å². The van der Waals surface area contributed by atoms with E-state index in [1.54, 1.807) is 6.20 Å². The van der Waals surface area contributed by atoms with Crippen LogP contribution in [-0.2, 0) is 4.79 Å². The average Bonchev–Trinajstić information content (AvgIpc) is 2.63. The van der Waals surface area contributed by atoms with Crippen molar-refractivity contribution in [2.24, 2.45) is 0 Å². The van der Waals surface area contributed by atoms with Crippen molar-refractivity contribution in [3.05, 3.63) is 6.20 Å². The third kappa shape index (κ3) is 3.71. The first-order chi connectivity index (χ1) is 7.17. The molecule has 6 heteroatoms. The van der Waals surface area contributed by atoms with Gasteiger partial charge in [0.25, 0.3) is 0 Å². The smallest absolute Gasteiger partial charge is 0.232 e. The fourth-order valence-corrected chi connectivity index (χ4v) is 2.80. The Morgan fingerprint density at radius 1 is 1.60 bits per heavy atom. The van der Waals surface area contributed by atoms with Crippen molar-refractivity contribution in [1.82, 2.24) is 9.88 Å². The number of hydrogen-bond acceptors (Lipinski definition) is 5. The zero-order valence-corrected chi connectivity index (χ0v) is 10.5. The molecule has 0 saturated carbocycles. The molecule has 0 unspecified atom stereocenters. The molecule has 4 nitrogen and oxygen atoms in total. The summed E-state index contributed by atoms with van der Waals surface area (Å²) in [5.74, 6) is 0.625. The number of nitrogen functional groups attached to an aromatic ring is 1. The Morgan fingerprint density at radius 2 is 2.27 bits per heavy atom. The number of anilines is 1. The quantitative estimate of drug-likeness (QED) is 0.802. The van der Waals surface area contributed by atoms with Crippen LogP contribution in [0.2, 0.25) is 0 Å². The van der Waals surface area contributed by atoms with Gasteiger partial charge in [0.1, 0.15) is 0 Å². The Bertz CT molecular complexity index is 323. The van der Waals surface area contributed by atoms with Crippen LogP contribution in [0, 0.1) is 0 Å². The highest BCUT2D eigenvalue weighted by Gasteiger charge is 2.10. The summed E-state index contributed by atoms with van der Waals surface area (Å²) in [6.07, 6.45) is 1.71. The SMILES string of the molecule is CCN(CC)C(=O)CSc1cnc(N)s1. The van der Waals surface area contributed by atoms with Gasteiger partial charge in [-0.25, -0.2) is 4.98 Å². The van der Waals surface area contributed by atoms with E-state index in [1.165, 1.54) is 23.1 Å². The van der Waals surface area contributed by atoms with Gasteiger partial charge in [0.05, 0.1) is 16.2 Å². The average molecular weight is 245 g/mol. The van der Waals surface area contributed by atoms with E-state index in [0.29, 0.717) is 10.9 Å². The summed E-state index contributed by atoms with van der Waals surface area (Å²) in [6, 6.07) is 0. The monoisotopic (exact) mass is 245 g/mol. The van der Waals surface area contributed by atoms with Crippen molar-refractivity contribution in [2.75, 3.05) is 24.6 Å². The predicted octanol–water partition coefficient (Wildman–Crippen LogP) is 1.69. The summed E-state index contributed by atoms with van der Waals surface area (Å²) in [4.78, 5) is 17.4. The van der Waals surface area contributed by atoms with Crippen molar-refractivity contribution in [3.8, 4) is 0 Å². The van der Waals surface area contributed by atoms with Crippen molar-refractivity contribution < 1.29 is 4.79 Å². The summed E-state index contributed by atoms with van der Waals surface area (Å²) in [5.41, 5.74) is 5.50. The van der Waals surface area contributed by atoms with Crippen LogP contribution in [0.5, 0.6) is 0 Å². The maximum Gasteiger partial charge on any atom is 0.232 e. The number of carbonyl (C=O) groups excluding carboxylic acids is 1. The number of amides is 1. The summed E-state index contributed by atoms with van der Waals surface area (Å²) in [5, 5.41) is 0.549. The second-order valence-electron chi connectivity index (χ2n) is 2.87. The maximum absolute atomic E-state index is 11.6. The third-order valence-corrected chi connectivity index (χ3v) is 3.96. The molecule has 0 radical (unpaired) electrons. The molecule has 1 rings (SSSR count). The minimum atomic E-state index is 0.164. The number of nitrogens with zero attached hydrogens (tertiary/aromatic N) is 2. The fraction of sp³-hybridized carbons (Fsp3) is 0.556. The molecule has 0 spiro atoms. The molecule has 84 valence electrons. The number of hydrogen-bond donors (Lipinski definition) is 1. The van der Waals surface area contributed by atoms with Gasteiger partial charge in [-0.05, 0) is 13.8 Å². The zero-order chi connectivity index (χ0) is 11.3. The molecule has 0 aliphatic rings. The van der Waals surface area contributed by atoms with E-state index in [9.17, 15) is 4.79 Å². The number of nitrogens with two attached hydrogens (primary N) is 1. The lowest BCUT2D eigenvalue weighted by Gasteiger charge is -2.17. The van der Waals surface area contributed by atoms with E-state index < -0.39 is 0 Å². The standard InChI is InChI=1S/C9H15N3OS2/c1-3-12(4-2)7(13)6-14-8-5-11-9(10)15-8/h5H,3-4,6H2,1-2H3,(H2,10,11). The minimum absolute atomic E-state index is 0.164. The topological polar surface area (TPSA) is 59.2 Å².